The average molecular weight is 247 g/mol. The number of aryl methyl sites for hydroxylation is 1. The summed E-state index contributed by atoms with van der Waals surface area (Å²) in [4.78, 5) is 11.3. The molecule has 0 bridgehead atoms. The summed E-state index contributed by atoms with van der Waals surface area (Å²) in [6.07, 6.45) is -0.793. The van der Waals surface area contributed by atoms with Gasteiger partial charge in [0.2, 0.25) is 5.91 Å². The fraction of sp³-hybridized carbons (Fsp3) is 0.600. The zero-order valence-corrected chi connectivity index (χ0v) is 9.50. The lowest BCUT2D eigenvalue weighted by Crippen LogP contribution is -2.24. The number of hydrogen-bond donors (Lipinski definition) is 2. The molecular formula is C10H15F2N3O2. The third kappa shape index (κ3) is 5.39. The molecule has 1 aromatic heterocycles. The quantitative estimate of drug-likeness (QED) is 0.706. The van der Waals surface area contributed by atoms with E-state index in [9.17, 15) is 13.6 Å². The van der Waals surface area contributed by atoms with Crippen molar-refractivity contribution in [2.24, 2.45) is 0 Å². The molecule has 0 unspecified atom stereocenters. The molecule has 0 saturated carbocycles. The van der Waals surface area contributed by atoms with Crippen LogP contribution in [0.5, 0.6) is 0 Å². The number of hydrogen-bond acceptors (Lipinski definition) is 3. The Bertz CT molecular complexity index is 355. The number of aromatic nitrogens is 2. The van der Waals surface area contributed by atoms with Gasteiger partial charge >= 0.3 is 0 Å². The summed E-state index contributed by atoms with van der Waals surface area (Å²) >= 11 is 0. The number of alkyl halides is 2. The zero-order chi connectivity index (χ0) is 12.7. The van der Waals surface area contributed by atoms with Gasteiger partial charge in [-0.1, -0.05) is 0 Å². The number of nitrogens with zero attached hydrogens (tertiary/aromatic N) is 1. The highest BCUT2D eigenvalue weighted by atomic mass is 19.3. The van der Waals surface area contributed by atoms with Crippen molar-refractivity contribution >= 4 is 5.91 Å². The number of aromatic amines is 1. The minimum Gasteiger partial charge on any atom is -0.375 e. The van der Waals surface area contributed by atoms with E-state index in [-0.39, 0.29) is 18.9 Å². The molecule has 1 amide bonds. The number of halogens is 2. The number of rotatable bonds is 7. The Morgan fingerprint density at radius 2 is 2.41 bits per heavy atom. The first-order valence-electron chi connectivity index (χ1n) is 5.21. The van der Waals surface area contributed by atoms with Crippen LogP contribution in [0.25, 0.3) is 0 Å². The number of H-pyrrole nitrogens is 1. The second-order valence-electron chi connectivity index (χ2n) is 3.51. The molecule has 0 radical (unpaired) electrons. The van der Waals surface area contributed by atoms with E-state index in [2.05, 4.69) is 20.3 Å². The van der Waals surface area contributed by atoms with E-state index in [0.717, 1.165) is 11.3 Å². The summed E-state index contributed by atoms with van der Waals surface area (Å²) in [5, 5.41) is 9.21. The summed E-state index contributed by atoms with van der Waals surface area (Å²) in [5.74, 6) is -0.236. The topological polar surface area (TPSA) is 67.0 Å². The molecule has 1 heterocycles. The average Bonchev–Trinajstić information content (AvgIpc) is 2.67. The molecular weight excluding hydrogens is 232 g/mol. The maximum atomic E-state index is 11.7. The number of ether oxygens (including phenoxy) is 1. The van der Waals surface area contributed by atoms with Crippen LogP contribution in [0.4, 0.5) is 8.78 Å². The molecule has 1 rings (SSSR count). The van der Waals surface area contributed by atoms with Crippen LogP contribution in [0.1, 0.15) is 17.7 Å². The van der Waals surface area contributed by atoms with Gasteiger partial charge in [0.25, 0.3) is 6.43 Å². The molecule has 0 aliphatic carbocycles. The summed E-state index contributed by atoms with van der Waals surface area (Å²) < 4.78 is 28.0. The minimum atomic E-state index is -2.49. The minimum absolute atomic E-state index is 0.000538. The van der Waals surface area contributed by atoms with Gasteiger partial charge < -0.3 is 10.1 Å². The van der Waals surface area contributed by atoms with E-state index in [1.807, 2.05) is 6.92 Å². The van der Waals surface area contributed by atoms with Gasteiger partial charge in [0.05, 0.1) is 12.8 Å². The molecule has 1 aromatic rings. The number of amides is 1. The molecule has 0 atom stereocenters. The highest BCUT2D eigenvalue weighted by Gasteiger charge is 2.06. The summed E-state index contributed by atoms with van der Waals surface area (Å²) in [7, 11) is 0. The summed E-state index contributed by atoms with van der Waals surface area (Å²) in [5.41, 5.74) is 1.78. The van der Waals surface area contributed by atoms with E-state index < -0.39 is 13.0 Å². The van der Waals surface area contributed by atoms with Crippen LogP contribution >= 0.6 is 0 Å². The van der Waals surface area contributed by atoms with Crippen molar-refractivity contribution < 1.29 is 18.3 Å². The Balaban J connectivity index is 2.11. The molecule has 17 heavy (non-hydrogen) atoms. The first-order chi connectivity index (χ1) is 8.09. The predicted molar refractivity (Wildman–Crippen MR) is 56.6 cm³/mol. The van der Waals surface area contributed by atoms with Crippen LogP contribution in [0.2, 0.25) is 0 Å². The Hall–Kier alpha value is -1.50. The van der Waals surface area contributed by atoms with E-state index >= 15 is 0 Å². The summed E-state index contributed by atoms with van der Waals surface area (Å²) in [6.45, 7) is 1.59. The molecule has 7 heteroatoms. The van der Waals surface area contributed by atoms with Crippen molar-refractivity contribution in [3.05, 3.63) is 17.5 Å². The highest BCUT2D eigenvalue weighted by molar-refractivity contribution is 5.75. The van der Waals surface area contributed by atoms with Gasteiger partial charge in [0.1, 0.15) is 6.61 Å². The molecule has 2 N–H and O–H groups in total. The van der Waals surface area contributed by atoms with Crippen LogP contribution < -0.4 is 5.32 Å². The standard InChI is InChI=1S/C10H15F2N3O2/c1-7-8(5-14-15-7)4-13-10(16)2-3-17-6-9(11)12/h5,9H,2-4,6H2,1H3,(H,13,16)(H,14,15). The molecule has 96 valence electrons. The third-order valence-corrected chi connectivity index (χ3v) is 2.13. The predicted octanol–water partition coefficient (Wildman–Crippen LogP) is 1.01. The Morgan fingerprint density at radius 3 is 3.00 bits per heavy atom. The van der Waals surface area contributed by atoms with Gasteiger partial charge in [0.15, 0.2) is 0 Å². The molecule has 0 aliphatic heterocycles. The van der Waals surface area contributed by atoms with E-state index in [0.29, 0.717) is 6.54 Å². The number of carbonyl (C=O) groups excluding carboxylic acids is 1. The van der Waals surface area contributed by atoms with Crippen molar-refractivity contribution in [1.82, 2.24) is 15.5 Å². The SMILES string of the molecule is Cc1[nH]ncc1CNC(=O)CCOCC(F)F. The molecule has 0 aromatic carbocycles. The van der Waals surface area contributed by atoms with Crippen LogP contribution in [0.3, 0.4) is 0 Å². The van der Waals surface area contributed by atoms with E-state index in [1.54, 1.807) is 6.20 Å². The van der Waals surface area contributed by atoms with Crippen molar-refractivity contribution in [3.8, 4) is 0 Å². The first kappa shape index (κ1) is 13.6. The Kier molecular flexibility index (Phi) is 5.55. The highest BCUT2D eigenvalue weighted by Crippen LogP contribution is 2.01. The lowest BCUT2D eigenvalue weighted by atomic mass is 10.2. The molecule has 0 saturated heterocycles. The fourth-order valence-corrected chi connectivity index (χ4v) is 1.17. The molecule has 5 nitrogen and oxygen atoms in total. The van der Waals surface area contributed by atoms with E-state index in [4.69, 9.17) is 0 Å². The Morgan fingerprint density at radius 1 is 1.65 bits per heavy atom. The second-order valence-corrected chi connectivity index (χ2v) is 3.51. The van der Waals surface area contributed by atoms with Crippen molar-refractivity contribution in [2.75, 3.05) is 13.2 Å². The lowest BCUT2D eigenvalue weighted by molar-refractivity contribution is -0.122. The van der Waals surface area contributed by atoms with Crippen molar-refractivity contribution in [3.63, 3.8) is 0 Å². The van der Waals surface area contributed by atoms with Gasteiger partial charge in [-0.3, -0.25) is 9.89 Å². The van der Waals surface area contributed by atoms with Crippen LogP contribution in [-0.4, -0.2) is 35.7 Å². The van der Waals surface area contributed by atoms with Gasteiger partial charge in [-0.25, -0.2) is 8.78 Å². The second kappa shape index (κ2) is 6.95. The smallest absolute Gasteiger partial charge is 0.261 e. The maximum Gasteiger partial charge on any atom is 0.261 e. The normalized spacial score (nSPS) is 10.8. The van der Waals surface area contributed by atoms with Crippen LogP contribution in [-0.2, 0) is 16.1 Å². The zero-order valence-electron chi connectivity index (χ0n) is 9.50. The maximum absolute atomic E-state index is 11.7. The van der Waals surface area contributed by atoms with Gasteiger partial charge in [-0.05, 0) is 6.92 Å². The lowest BCUT2D eigenvalue weighted by Gasteiger charge is -2.05. The molecule has 0 spiro atoms. The van der Waals surface area contributed by atoms with Gasteiger partial charge in [-0.15, -0.1) is 0 Å². The number of nitrogens with one attached hydrogen (secondary N) is 2. The van der Waals surface area contributed by atoms with Crippen molar-refractivity contribution in [1.29, 1.82) is 0 Å². The van der Waals surface area contributed by atoms with Crippen LogP contribution in [0.15, 0.2) is 6.20 Å². The monoisotopic (exact) mass is 247 g/mol. The number of carbonyl (C=O) groups is 1. The largest absolute Gasteiger partial charge is 0.375 e. The van der Waals surface area contributed by atoms with Crippen molar-refractivity contribution in [2.45, 2.75) is 26.3 Å². The molecule has 0 aliphatic rings. The van der Waals surface area contributed by atoms with Gasteiger partial charge in [-0.2, -0.15) is 5.10 Å². The first-order valence-corrected chi connectivity index (χ1v) is 5.21. The fourth-order valence-electron chi connectivity index (χ4n) is 1.17. The van der Waals surface area contributed by atoms with E-state index in [1.165, 1.54) is 0 Å². The van der Waals surface area contributed by atoms with Gasteiger partial charge in [0, 0.05) is 24.2 Å². The third-order valence-electron chi connectivity index (χ3n) is 2.13. The Labute approximate surface area is 97.5 Å². The molecule has 0 fully saturated rings. The van der Waals surface area contributed by atoms with Crippen LogP contribution in [0, 0.1) is 6.92 Å². The summed E-state index contributed by atoms with van der Waals surface area (Å²) in [6, 6.07) is 0.